The van der Waals surface area contributed by atoms with Crippen molar-refractivity contribution < 1.29 is 14.3 Å². The molecule has 0 aromatic heterocycles. The molecule has 1 heterocycles. The van der Waals surface area contributed by atoms with E-state index in [1.807, 2.05) is 24.3 Å². The number of carbonyl (C=O) groups excluding carboxylic acids is 2. The minimum absolute atomic E-state index is 0.00156. The van der Waals surface area contributed by atoms with E-state index in [0.717, 1.165) is 11.1 Å². The number of methoxy groups -OCH3 is 1. The summed E-state index contributed by atoms with van der Waals surface area (Å²) >= 11 is 12.3. The van der Waals surface area contributed by atoms with Crippen LogP contribution >= 0.6 is 23.2 Å². The lowest BCUT2D eigenvalue weighted by atomic mass is 9.60. The van der Waals surface area contributed by atoms with E-state index in [1.54, 1.807) is 18.2 Å². The maximum Gasteiger partial charge on any atom is 0.235 e. The predicted octanol–water partition coefficient (Wildman–Crippen LogP) is 4.35. The Hall–Kier alpha value is -1.88. The molecule has 0 saturated heterocycles. The van der Waals surface area contributed by atoms with Crippen molar-refractivity contribution in [2.45, 2.75) is 30.3 Å². The Morgan fingerprint density at radius 3 is 2.62 bits per heavy atom. The fourth-order valence-electron chi connectivity index (χ4n) is 4.31. The van der Waals surface area contributed by atoms with Gasteiger partial charge in [-0.1, -0.05) is 41.4 Å². The molecule has 2 aromatic rings. The van der Waals surface area contributed by atoms with Gasteiger partial charge in [-0.25, -0.2) is 0 Å². The summed E-state index contributed by atoms with van der Waals surface area (Å²) in [4.78, 5) is 25.8. The number of ether oxygens (including phenoxy) is 1. The standard InChI is InChI=1S/C20H17Cl2NO3/c1-26-18-10-20(14-6-5-13(22)8-16(14)23-19(20)25)15(9-17(18)24)11-3-2-4-12(21)7-11/h2-8,15,18H,9-10H2,1H3,(H,23,25)/t15-,18-,20-/m0/s1. The molecule has 134 valence electrons. The normalized spacial score (nSPS) is 27.5. The molecule has 1 aliphatic heterocycles. The molecule has 1 aliphatic carbocycles. The predicted molar refractivity (Wildman–Crippen MR) is 101 cm³/mol. The number of amides is 1. The number of hydrogen-bond acceptors (Lipinski definition) is 3. The summed E-state index contributed by atoms with van der Waals surface area (Å²) in [7, 11) is 1.51. The van der Waals surface area contributed by atoms with Crippen molar-refractivity contribution >= 4 is 40.6 Å². The van der Waals surface area contributed by atoms with Gasteiger partial charge in [-0.15, -0.1) is 0 Å². The third-order valence-corrected chi connectivity index (χ3v) is 5.99. The third-order valence-electron chi connectivity index (χ3n) is 5.52. The van der Waals surface area contributed by atoms with Gasteiger partial charge in [-0.3, -0.25) is 9.59 Å². The zero-order valence-electron chi connectivity index (χ0n) is 14.1. The molecule has 1 amide bonds. The summed E-state index contributed by atoms with van der Waals surface area (Å²) in [5.41, 5.74) is 1.53. The molecule has 4 nitrogen and oxygen atoms in total. The van der Waals surface area contributed by atoms with Crippen LogP contribution in [0.4, 0.5) is 5.69 Å². The Labute approximate surface area is 161 Å². The second-order valence-electron chi connectivity index (χ2n) is 6.82. The SMILES string of the molecule is CO[C@H]1C[C@@]2(C(=O)Nc3cc(Cl)ccc32)[C@H](c2cccc(Cl)c2)CC1=O. The third kappa shape index (κ3) is 2.56. The summed E-state index contributed by atoms with van der Waals surface area (Å²) in [5, 5.41) is 4.08. The van der Waals surface area contributed by atoms with Gasteiger partial charge in [0.25, 0.3) is 0 Å². The highest BCUT2D eigenvalue weighted by molar-refractivity contribution is 6.31. The van der Waals surface area contributed by atoms with Gasteiger partial charge in [0.05, 0.1) is 5.41 Å². The minimum atomic E-state index is -0.890. The summed E-state index contributed by atoms with van der Waals surface area (Å²) in [6.07, 6.45) is -0.105. The van der Waals surface area contributed by atoms with E-state index >= 15 is 0 Å². The van der Waals surface area contributed by atoms with Gasteiger partial charge in [0, 0.05) is 35.2 Å². The molecule has 2 aliphatic rings. The number of carbonyl (C=O) groups is 2. The molecule has 1 fully saturated rings. The average molecular weight is 390 g/mol. The quantitative estimate of drug-likeness (QED) is 0.830. The molecule has 3 atom stereocenters. The second-order valence-corrected chi connectivity index (χ2v) is 7.69. The van der Waals surface area contributed by atoms with Crippen LogP contribution in [-0.2, 0) is 19.7 Å². The van der Waals surface area contributed by atoms with E-state index in [4.69, 9.17) is 27.9 Å². The highest BCUT2D eigenvalue weighted by Gasteiger charge is 2.57. The first-order valence-electron chi connectivity index (χ1n) is 8.38. The number of rotatable bonds is 2. The van der Waals surface area contributed by atoms with Crippen molar-refractivity contribution in [2.75, 3.05) is 12.4 Å². The van der Waals surface area contributed by atoms with Gasteiger partial charge in [-0.2, -0.15) is 0 Å². The van der Waals surface area contributed by atoms with E-state index in [2.05, 4.69) is 5.32 Å². The van der Waals surface area contributed by atoms with Crippen LogP contribution in [0.15, 0.2) is 42.5 Å². The van der Waals surface area contributed by atoms with Crippen molar-refractivity contribution in [1.29, 1.82) is 0 Å². The molecule has 0 bridgehead atoms. The maximum atomic E-state index is 13.2. The Bertz CT molecular complexity index is 914. The van der Waals surface area contributed by atoms with Crippen LogP contribution in [0.3, 0.4) is 0 Å². The molecular formula is C20H17Cl2NO3. The molecule has 4 rings (SSSR count). The summed E-state index contributed by atoms with van der Waals surface area (Å²) in [6, 6.07) is 12.8. The maximum absolute atomic E-state index is 13.2. The Balaban J connectivity index is 1.92. The van der Waals surface area contributed by atoms with Gasteiger partial charge in [0.2, 0.25) is 5.91 Å². The van der Waals surface area contributed by atoms with Crippen LogP contribution < -0.4 is 5.32 Å². The Morgan fingerprint density at radius 2 is 1.88 bits per heavy atom. The van der Waals surface area contributed by atoms with Crippen LogP contribution in [-0.4, -0.2) is 24.9 Å². The van der Waals surface area contributed by atoms with E-state index in [0.29, 0.717) is 22.2 Å². The summed E-state index contributed by atoms with van der Waals surface area (Å²) < 4.78 is 5.40. The number of benzene rings is 2. The monoisotopic (exact) mass is 389 g/mol. The lowest BCUT2D eigenvalue weighted by Crippen LogP contribution is -2.50. The van der Waals surface area contributed by atoms with Crippen molar-refractivity contribution in [2.24, 2.45) is 0 Å². The molecular weight excluding hydrogens is 373 g/mol. The number of Topliss-reactive ketones (excluding diaryl/α,β-unsaturated/α-hetero) is 1. The van der Waals surface area contributed by atoms with Crippen LogP contribution in [0.2, 0.25) is 10.0 Å². The lowest BCUT2D eigenvalue weighted by molar-refractivity contribution is -0.138. The van der Waals surface area contributed by atoms with Gasteiger partial charge in [0.1, 0.15) is 6.10 Å². The number of ketones is 1. The van der Waals surface area contributed by atoms with Crippen molar-refractivity contribution in [3.63, 3.8) is 0 Å². The number of nitrogens with one attached hydrogen (secondary N) is 1. The first-order valence-corrected chi connectivity index (χ1v) is 9.14. The Kier molecular flexibility index (Phi) is 4.30. The largest absolute Gasteiger partial charge is 0.374 e. The molecule has 0 unspecified atom stereocenters. The lowest BCUT2D eigenvalue weighted by Gasteiger charge is -2.42. The van der Waals surface area contributed by atoms with Gasteiger partial charge in [0.15, 0.2) is 5.78 Å². The number of fused-ring (bicyclic) bond motifs is 2. The van der Waals surface area contributed by atoms with Crippen molar-refractivity contribution in [1.82, 2.24) is 0 Å². The molecule has 6 heteroatoms. The highest BCUT2D eigenvalue weighted by atomic mass is 35.5. The van der Waals surface area contributed by atoms with E-state index in [-0.39, 0.29) is 24.0 Å². The Morgan fingerprint density at radius 1 is 1.12 bits per heavy atom. The smallest absolute Gasteiger partial charge is 0.235 e. The highest BCUT2D eigenvalue weighted by Crippen LogP contribution is 2.54. The van der Waals surface area contributed by atoms with Gasteiger partial charge >= 0.3 is 0 Å². The summed E-state index contributed by atoms with van der Waals surface area (Å²) in [5.74, 6) is -0.449. The molecule has 1 N–H and O–H groups in total. The van der Waals surface area contributed by atoms with Crippen LogP contribution in [0.1, 0.15) is 29.9 Å². The van der Waals surface area contributed by atoms with Crippen LogP contribution in [0.25, 0.3) is 0 Å². The van der Waals surface area contributed by atoms with E-state index < -0.39 is 11.5 Å². The first-order chi connectivity index (χ1) is 12.5. The fraction of sp³-hybridized carbons (Fsp3) is 0.300. The average Bonchev–Trinajstić information content (AvgIpc) is 2.88. The summed E-state index contributed by atoms with van der Waals surface area (Å²) in [6.45, 7) is 0. The second kappa shape index (κ2) is 6.38. The van der Waals surface area contributed by atoms with E-state index in [1.165, 1.54) is 7.11 Å². The van der Waals surface area contributed by atoms with E-state index in [9.17, 15) is 9.59 Å². The topological polar surface area (TPSA) is 55.4 Å². The number of halogens is 2. The molecule has 1 spiro atoms. The molecule has 1 saturated carbocycles. The molecule has 26 heavy (non-hydrogen) atoms. The van der Waals surface area contributed by atoms with Crippen molar-refractivity contribution in [3.05, 3.63) is 63.6 Å². The zero-order valence-corrected chi connectivity index (χ0v) is 15.6. The van der Waals surface area contributed by atoms with Crippen molar-refractivity contribution in [3.8, 4) is 0 Å². The van der Waals surface area contributed by atoms with Crippen LogP contribution in [0.5, 0.6) is 0 Å². The number of anilines is 1. The van der Waals surface area contributed by atoms with Crippen LogP contribution in [0, 0.1) is 0 Å². The fourth-order valence-corrected chi connectivity index (χ4v) is 4.68. The van der Waals surface area contributed by atoms with Gasteiger partial charge < -0.3 is 10.1 Å². The molecule has 0 radical (unpaired) electrons. The molecule has 2 aromatic carbocycles. The zero-order chi connectivity index (χ0) is 18.5. The minimum Gasteiger partial charge on any atom is -0.374 e. The van der Waals surface area contributed by atoms with Gasteiger partial charge in [-0.05, 0) is 41.8 Å². The number of hydrogen-bond donors (Lipinski definition) is 1. The first kappa shape index (κ1) is 17.5.